The highest BCUT2D eigenvalue weighted by atomic mass is 32.2. The summed E-state index contributed by atoms with van der Waals surface area (Å²) in [7, 11) is -3.40. The van der Waals surface area contributed by atoms with Crippen molar-refractivity contribution in [3.05, 3.63) is 29.8 Å². The summed E-state index contributed by atoms with van der Waals surface area (Å²) in [4.78, 5) is 12.3. The van der Waals surface area contributed by atoms with Gasteiger partial charge in [0, 0.05) is 11.7 Å². The van der Waals surface area contributed by atoms with E-state index >= 15 is 0 Å². The Hall–Kier alpha value is -1.40. The molecule has 0 saturated heterocycles. The second kappa shape index (κ2) is 7.93. The fourth-order valence-electron chi connectivity index (χ4n) is 3.13. The summed E-state index contributed by atoms with van der Waals surface area (Å²) < 4.78 is 25.6. The number of carbonyl (C=O) groups is 1. The molecule has 0 radical (unpaired) electrons. The van der Waals surface area contributed by atoms with Gasteiger partial charge in [-0.05, 0) is 37.5 Å². The molecule has 1 aliphatic rings. The summed E-state index contributed by atoms with van der Waals surface area (Å²) in [6.07, 6.45) is 7.20. The molecule has 0 aromatic heterocycles. The minimum atomic E-state index is -3.40. The zero-order chi connectivity index (χ0) is 16.9. The van der Waals surface area contributed by atoms with E-state index < -0.39 is 10.0 Å². The Morgan fingerprint density at radius 2 is 1.87 bits per heavy atom. The summed E-state index contributed by atoms with van der Waals surface area (Å²) in [6.45, 7) is 1.83. The summed E-state index contributed by atoms with van der Waals surface area (Å²) in [6, 6.07) is 7.43. The number of rotatable bonds is 5. The normalized spacial score (nSPS) is 17.0. The number of sulfonamides is 1. The van der Waals surface area contributed by atoms with Crippen LogP contribution < -0.4 is 5.32 Å². The average molecular weight is 338 g/mol. The first-order valence-electron chi connectivity index (χ1n) is 8.19. The molecule has 1 aliphatic carbocycles. The van der Waals surface area contributed by atoms with Crippen molar-refractivity contribution < 1.29 is 13.2 Å². The Bertz CT molecular complexity index is 635. The van der Waals surface area contributed by atoms with E-state index in [1.807, 2.05) is 25.1 Å². The zero-order valence-corrected chi connectivity index (χ0v) is 14.7. The topological polar surface area (TPSA) is 66.5 Å². The van der Waals surface area contributed by atoms with Gasteiger partial charge in [-0.15, -0.1) is 0 Å². The molecule has 23 heavy (non-hydrogen) atoms. The highest BCUT2D eigenvalue weighted by molar-refractivity contribution is 7.88. The predicted molar refractivity (Wildman–Crippen MR) is 92.8 cm³/mol. The average Bonchev–Trinajstić information content (AvgIpc) is 2.72. The lowest BCUT2D eigenvalue weighted by Gasteiger charge is -2.28. The molecule has 0 bridgehead atoms. The SMILES string of the molecule is Cc1cccc(NC(=O)CN(C2CCCCCC2)S(C)(=O)=O)c1. The van der Waals surface area contributed by atoms with Crippen molar-refractivity contribution in [1.82, 2.24) is 4.31 Å². The molecule has 1 fully saturated rings. The lowest BCUT2D eigenvalue weighted by Crippen LogP contribution is -2.44. The van der Waals surface area contributed by atoms with Crippen LogP contribution in [0.1, 0.15) is 44.1 Å². The number of amides is 1. The standard InChI is InChI=1S/C17H26N2O3S/c1-14-8-7-9-15(12-14)18-17(20)13-19(23(2,21)22)16-10-5-3-4-6-11-16/h7-9,12,16H,3-6,10-11,13H2,1-2H3,(H,18,20). The van der Waals surface area contributed by atoms with Gasteiger partial charge in [0.25, 0.3) is 0 Å². The first-order valence-corrected chi connectivity index (χ1v) is 10.0. The van der Waals surface area contributed by atoms with E-state index in [1.165, 1.54) is 10.6 Å². The number of nitrogens with one attached hydrogen (secondary N) is 1. The predicted octanol–water partition coefficient (Wildman–Crippen LogP) is 2.92. The molecule has 0 spiro atoms. The third-order valence-corrected chi connectivity index (χ3v) is 5.54. The molecule has 1 aromatic carbocycles. The molecule has 0 heterocycles. The third kappa shape index (κ3) is 5.62. The third-order valence-electron chi connectivity index (χ3n) is 4.26. The van der Waals surface area contributed by atoms with Gasteiger partial charge in [0.1, 0.15) is 0 Å². The molecule has 0 aliphatic heterocycles. The maximum absolute atomic E-state index is 12.3. The number of benzene rings is 1. The fraction of sp³-hybridized carbons (Fsp3) is 0.588. The van der Waals surface area contributed by atoms with Crippen molar-refractivity contribution >= 4 is 21.6 Å². The van der Waals surface area contributed by atoms with Gasteiger partial charge in [-0.25, -0.2) is 8.42 Å². The monoisotopic (exact) mass is 338 g/mol. The molecule has 2 rings (SSSR count). The van der Waals surface area contributed by atoms with Crippen LogP contribution >= 0.6 is 0 Å². The van der Waals surface area contributed by atoms with E-state index in [2.05, 4.69) is 5.32 Å². The van der Waals surface area contributed by atoms with E-state index in [9.17, 15) is 13.2 Å². The highest BCUT2D eigenvalue weighted by Gasteiger charge is 2.29. The van der Waals surface area contributed by atoms with E-state index in [1.54, 1.807) is 6.07 Å². The van der Waals surface area contributed by atoms with E-state index in [0.29, 0.717) is 5.69 Å². The summed E-state index contributed by atoms with van der Waals surface area (Å²) >= 11 is 0. The van der Waals surface area contributed by atoms with Crippen molar-refractivity contribution in [3.8, 4) is 0 Å². The fourth-order valence-corrected chi connectivity index (χ4v) is 4.23. The lowest BCUT2D eigenvalue weighted by atomic mass is 10.1. The molecular weight excluding hydrogens is 312 g/mol. The number of aryl methyl sites for hydroxylation is 1. The smallest absolute Gasteiger partial charge is 0.239 e. The maximum atomic E-state index is 12.3. The molecule has 1 amide bonds. The first-order chi connectivity index (χ1) is 10.9. The molecule has 1 saturated carbocycles. The van der Waals surface area contributed by atoms with Crippen molar-refractivity contribution in [2.75, 3.05) is 18.1 Å². The van der Waals surface area contributed by atoms with Gasteiger partial charge < -0.3 is 5.32 Å². The Morgan fingerprint density at radius 3 is 2.43 bits per heavy atom. The van der Waals surface area contributed by atoms with E-state index in [0.717, 1.165) is 44.1 Å². The highest BCUT2D eigenvalue weighted by Crippen LogP contribution is 2.23. The summed E-state index contributed by atoms with van der Waals surface area (Å²) in [5.74, 6) is -0.287. The second-order valence-electron chi connectivity index (χ2n) is 6.37. The van der Waals surface area contributed by atoms with Crippen LogP contribution in [0.4, 0.5) is 5.69 Å². The minimum absolute atomic E-state index is 0.0595. The van der Waals surface area contributed by atoms with E-state index in [4.69, 9.17) is 0 Å². The molecule has 128 valence electrons. The molecular formula is C17H26N2O3S. The Labute approximate surface area is 139 Å². The molecule has 1 aromatic rings. The second-order valence-corrected chi connectivity index (χ2v) is 8.31. The van der Waals surface area contributed by atoms with Crippen molar-refractivity contribution in [2.24, 2.45) is 0 Å². The van der Waals surface area contributed by atoms with Crippen LogP contribution in [0.15, 0.2) is 24.3 Å². The Balaban J connectivity index is 2.06. The first kappa shape index (κ1) is 17.9. The number of hydrogen-bond donors (Lipinski definition) is 1. The number of nitrogens with zero attached hydrogens (tertiary/aromatic N) is 1. The maximum Gasteiger partial charge on any atom is 0.239 e. The van der Waals surface area contributed by atoms with Crippen LogP contribution in [0.3, 0.4) is 0 Å². The quantitative estimate of drug-likeness (QED) is 0.840. The summed E-state index contributed by atoms with van der Waals surface area (Å²) in [5.41, 5.74) is 1.75. The Kier molecular flexibility index (Phi) is 6.18. The number of anilines is 1. The Morgan fingerprint density at radius 1 is 1.22 bits per heavy atom. The van der Waals surface area contributed by atoms with Crippen LogP contribution in [0.25, 0.3) is 0 Å². The van der Waals surface area contributed by atoms with Gasteiger partial charge >= 0.3 is 0 Å². The van der Waals surface area contributed by atoms with Crippen LogP contribution in [0.5, 0.6) is 0 Å². The van der Waals surface area contributed by atoms with Gasteiger partial charge in [0.2, 0.25) is 15.9 Å². The molecule has 1 N–H and O–H groups in total. The minimum Gasteiger partial charge on any atom is -0.325 e. The molecule has 6 heteroatoms. The van der Waals surface area contributed by atoms with Crippen LogP contribution in [-0.4, -0.2) is 37.5 Å². The largest absolute Gasteiger partial charge is 0.325 e. The van der Waals surface area contributed by atoms with Gasteiger partial charge in [0.15, 0.2) is 0 Å². The zero-order valence-electron chi connectivity index (χ0n) is 13.9. The van der Waals surface area contributed by atoms with E-state index in [-0.39, 0.29) is 18.5 Å². The molecule has 5 nitrogen and oxygen atoms in total. The number of hydrogen-bond acceptors (Lipinski definition) is 3. The van der Waals surface area contributed by atoms with Gasteiger partial charge in [0.05, 0.1) is 12.8 Å². The molecule has 0 unspecified atom stereocenters. The van der Waals surface area contributed by atoms with Gasteiger partial charge in [-0.1, -0.05) is 37.8 Å². The van der Waals surface area contributed by atoms with Crippen LogP contribution in [0.2, 0.25) is 0 Å². The van der Waals surface area contributed by atoms with Crippen molar-refractivity contribution in [3.63, 3.8) is 0 Å². The molecule has 0 atom stereocenters. The van der Waals surface area contributed by atoms with Crippen molar-refractivity contribution in [2.45, 2.75) is 51.5 Å². The van der Waals surface area contributed by atoms with Crippen LogP contribution in [-0.2, 0) is 14.8 Å². The van der Waals surface area contributed by atoms with Gasteiger partial charge in [-0.2, -0.15) is 4.31 Å². The number of carbonyl (C=O) groups excluding carboxylic acids is 1. The van der Waals surface area contributed by atoms with Crippen molar-refractivity contribution in [1.29, 1.82) is 0 Å². The lowest BCUT2D eigenvalue weighted by molar-refractivity contribution is -0.116. The van der Waals surface area contributed by atoms with Gasteiger partial charge in [-0.3, -0.25) is 4.79 Å². The summed E-state index contributed by atoms with van der Waals surface area (Å²) in [5, 5.41) is 2.79. The van der Waals surface area contributed by atoms with Crippen LogP contribution in [0, 0.1) is 6.92 Å².